The number of hydrogen-bond acceptors (Lipinski definition) is 3. The average molecular weight is 242 g/mol. The van der Waals surface area contributed by atoms with Crippen molar-refractivity contribution < 1.29 is 8.42 Å². The van der Waals surface area contributed by atoms with Gasteiger partial charge in [0.15, 0.2) is 0 Å². The Bertz CT molecular complexity index is 442. The summed E-state index contributed by atoms with van der Waals surface area (Å²) in [7, 11) is -3.20. The Morgan fingerprint density at radius 3 is 2.44 bits per heavy atom. The molecule has 1 saturated carbocycles. The minimum absolute atomic E-state index is 0.222. The predicted molar refractivity (Wildman–Crippen MR) is 62.1 cm³/mol. The number of nitrogens with zero attached hydrogens (tertiary/aromatic N) is 2. The third kappa shape index (κ3) is 2.45. The summed E-state index contributed by atoms with van der Waals surface area (Å²) in [5.41, 5.74) is 0. The van der Waals surface area contributed by atoms with Crippen molar-refractivity contribution in [3.63, 3.8) is 0 Å². The smallest absolute Gasteiger partial charge is 0.227 e. The number of imidazole rings is 1. The van der Waals surface area contributed by atoms with Crippen molar-refractivity contribution in [2.24, 2.45) is 0 Å². The monoisotopic (exact) mass is 242 g/mol. The molecule has 0 amide bonds. The molecule has 0 N–H and O–H groups in total. The molecule has 0 aromatic carbocycles. The van der Waals surface area contributed by atoms with Gasteiger partial charge in [0.2, 0.25) is 15.0 Å². The van der Waals surface area contributed by atoms with Gasteiger partial charge in [0.25, 0.3) is 0 Å². The van der Waals surface area contributed by atoms with Crippen LogP contribution in [0.4, 0.5) is 0 Å². The molecular weight excluding hydrogens is 224 g/mol. The molecule has 1 aliphatic rings. The zero-order chi connectivity index (χ0) is 11.6. The first-order valence-electron chi connectivity index (χ1n) is 5.82. The quantitative estimate of drug-likeness (QED) is 0.747. The van der Waals surface area contributed by atoms with Crippen molar-refractivity contribution >= 4 is 9.84 Å². The third-order valence-electron chi connectivity index (χ3n) is 3.18. The molecule has 0 saturated heterocycles. The second-order valence-corrected chi connectivity index (χ2v) is 6.44. The van der Waals surface area contributed by atoms with E-state index >= 15 is 0 Å². The van der Waals surface area contributed by atoms with Gasteiger partial charge in [0, 0.05) is 24.7 Å². The van der Waals surface area contributed by atoms with Crippen LogP contribution in [0.5, 0.6) is 0 Å². The Morgan fingerprint density at radius 1 is 1.25 bits per heavy atom. The van der Waals surface area contributed by atoms with Crippen molar-refractivity contribution in [2.45, 2.75) is 49.7 Å². The Hall–Kier alpha value is -0.840. The minimum atomic E-state index is -3.20. The van der Waals surface area contributed by atoms with Crippen LogP contribution in [0.3, 0.4) is 0 Å². The van der Waals surface area contributed by atoms with Crippen LogP contribution in [0.15, 0.2) is 17.6 Å². The van der Waals surface area contributed by atoms with Crippen LogP contribution in [0.1, 0.15) is 44.6 Å². The van der Waals surface area contributed by atoms with Gasteiger partial charge in [0.1, 0.15) is 0 Å². The summed E-state index contributed by atoms with van der Waals surface area (Å²) in [5, 5.41) is 0.222. The largest absolute Gasteiger partial charge is 0.319 e. The van der Waals surface area contributed by atoms with E-state index in [1.165, 1.54) is 31.9 Å². The Kier molecular flexibility index (Phi) is 3.33. The fourth-order valence-corrected chi connectivity index (χ4v) is 3.25. The molecule has 1 fully saturated rings. The van der Waals surface area contributed by atoms with Gasteiger partial charge < -0.3 is 4.57 Å². The van der Waals surface area contributed by atoms with E-state index in [1.54, 1.807) is 12.4 Å². The summed E-state index contributed by atoms with van der Waals surface area (Å²) in [6.07, 6.45) is 11.6. The van der Waals surface area contributed by atoms with E-state index in [9.17, 15) is 8.42 Å². The maximum Gasteiger partial charge on any atom is 0.227 e. The van der Waals surface area contributed by atoms with Crippen LogP contribution in [0, 0.1) is 0 Å². The summed E-state index contributed by atoms with van der Waals surface area (Å²) in [5.74, 6) is 0. The normalized spacial score (nSPS) is 19.6. The van der Waals surface area contributed by atoms with E-state index in [4.69, 9.17) is 0 Å². The molecule has 0 atom stereocenters. The second kappa shape index (κ2) is 4.57. The molecule has 0 bridgehead atoms. The zero-order valence-corrected chi connectivity index (χ0v) is 10.4. The van der Waals surface area contributed by atoms with Gasteiger partial charge in [-0.2, -0.15) is 0 Å². The molecule has 1 aliphatic carbocycles. The lowest BCUT2D eigenvalue weighted by Crippen LogP contribution is -2.14. The van der Waals surface area contributed by atoms with Crippen molar-refractivity contribution in [1.82, 2.24) is 9.55 Å². The first-order valence-corrected chi connectivity index (χ1v) is 7.71. The fraction of sp³-hybridized carbons (Fsp3) is 0.727. The van der Waals surface area contributed by atoms with Gasteiger partial charge in [-0.05, 0) is 12.8 Å². The number of hydrogen-bond donors (Lipinski definition) is 0. The molecule has 0 spiro atoms. The van der Waals surface area contributed by atoms with Gasteiger partial charge >= 0.3 is 0 Å². The molecule has 1 heterocycles. The molecule has 2 rings (SSSR count). The first kappa shape index (κ1) is 11.6. The van der Waals surface area contributed by atoms with Crippen molar-refractivity contribution in [3.05, 3.63) is 12.4 Å². The SMILES string of the molecule is CS(=O)(=O)c1nccn1C1CCCCCC1. The Morgan fingerprint density at radius 2 is 1.88 bits per heavy atom. The lowest BCUT2D eigenvalue weighted by Gasteiger charge is -2.17. The highest BCUT2D eigenvalue weighted by Gasteiger charge is 2.21. The molecule has 0 unspecified atom stereocenters. The highest BCUT2D eigenvalue weighted by molar-refractivity contribution is 7.90. The maximum absolute atomic E-state index is 11.6. The molecule has 0 radical (unpaired) electrons. The van der Waals surface area contributed by atoms with Gasteiger partial charge in [-0.3, -0.25) is 0 Å². The van der Waals surface area contributed by atoms with Crippen LogP contribution < -0.4 is 0 Å². The van der Waals surface area contributed by atoms with Gasteiger partial charge in [-0.1, -0.05) is 25.7 Å². The molecule has 16 heavy (non-hydrogen) atoms. The molecule has 90 valence electrons. The Balaban J connectivity index is 2.29. The number of aromatic nitrogens is 2. The summed E-state index contributed by atoms with van der Waals surface area (Å²) < 4.78 is 25.0. The molecule has 5 heteroatoms. The minimum Gasteiger partial charge on any atom is -0.319 e. The average Bonchev–Trinajstić information content (AvgIpc) is 2.55. The summed E-state index contributed by atoms with van der Waals surface area (Å²) >= 11 is 0. The second-order valence-electron chi connectivity index (χ2n) is 4.53. The highest BCUT2D eigenvalue weighted by Crippen LogP contribution is 2.28. The lowest BCUT2D eigenvalue weighted by atomic mass is 10.1. The fourth-order valence-electron chi connectivity index (χ4n) is 2.40. The first-order chi connectivity index (χ1) is 7.59. The topological polar surface area (TPSA) is 52.0 Å². The lowest BCUT2D eigenvalue weighted by molar-refractivity contribution is 0.410. The zero-order valence-electron chi connectivity index (χ0n) is 9.59. The van der Waals surface area contributed by atoms with Crippen molar-refractivity contribution in [2.75, 3.05) is 6.26 Å². The summed E-state index contributed by atoms with van der Waals surface area (Å²) in [4.78, 5) is 3.97. The number of rotatable bonds is 2. The van der Waals surface area contributed by atoms with E-state index in [1.807, 2.05) is 4.57 Å². The highest BCUT2D eigenvalue weighted by atomic mass is 32.2. The third-order valence-corrected chi connectivity index (χ3v) is 4.16. The number of sulfone groups is 1. The van der Waals surface area contributed by atoms with Crippen LogP contribution in [0.2, 0.25) is 0 Å². The Labute approximate surface area is 96.6 Å². The van der Waals surface area contributed by atoms with Gasteiger partial charge in [-0.25, -0.2) is 13.4 Å². The van der Waals surface area contributed by atoms with Crippen LogP contribution in [-0.2, 0) is 9.84 Å². The van der Waals surface area contributed by atoms with E-state index < -0.39 is 9.84 Å². The van der Waals surface area contributed by atoms with Crippen molar-refractivity contribution in [1.29, 1.82) is 0 Å². The van der Waals surface area contributed by atoms with Gasteiger partial charge in [0.05, 0.1) is 0 Å². The van der Waals surface area contributed by atoms with Gasteiger partial charge in [-0.15, -0.1) is 0 Å². The summed E-state index contributed by atoms with van der Waals surface area (Å²) in [6.45, 7) is 0. The van der Waals surface area contributed by atoms with Crippen LogP contribution >= 0.6 is 0 Å². The molecule has 1 aromatic heterocycles. The van der Waals surface area contributed by atoms with Crippen LogP contribution in [-0.4, -0.2) is 24.2 Å². The molecule has 0 aliphatic heterocycles. The molecule has 4 nitrogen and oxygen atoms in total. The maximum atomic E-state index is 11.6. The summed E-state index contributed by atoms with van der Waals surface area (Å²) in [6, 6.07) is 0.315. The molecule has 1 aromatic rings. The van der Waals surface area contributed by atoms with E-state index in [2.05, 4.69) is 4.98 Å². The van der Waals surface area contributed by atoms with Crippen LogP contribution in [0.25, 0.3) is 0 Å². The predicted octanol–water partition coefficient (Wildman–Crippen LogP) is 2.18. The van der Waals surface area contributed by atoms with E-state index in [0.717, 1.165) is 12.8 Å². The standard InChI is InChI=1S/C11H18N2O2S/c1-16(14,15)11-12-8-9-13(11)10-6-4-2-3-5-7-10/h8-10H,2-7H2,1H3. The van der Waals surface area contributed by atoms with Crippen molar-refractivity contribution in [3.8, 4) is 0 Å². The van der Waals surface area contributed by atoms with E-state index in [-0.39, 0.29) is 5.16 Å². The molecular formula is C11H18N2O2S. The van der Waals surface area contributed by atoms with E-state index in [0.29, 0.717) is 6.04 Å².